The van der Waals surface area contributed by atoms with E-state index < -0.39 is 102 Å². The molecular weight excluding hydrogens is 710 g/mol. The molecule has 0 saturated heterocycles. The first kappa shape index (κ1) is 49.0. The number of hydrogen-bond donors (Lipinski definition) is 11. The van der Waals surface area contributed by atoms with Crippen molar-refractivity contribution in [3.63, 3.8) is 0 Å². The number of carbonyl (C=O) groups excluding carboxylic acids is 7. The molecule has 18 nitrogen and oxygen atoms in total. The number of rotatable bonds is 26. The number of primary amides is 1. The Morgan fingerprint density at radius 2 is 1.06 bits per heavy atom. The molecule has 53 heavy (non-hydrogen) atoms. The number of thiol groups is 1. The van der Waals surface area contributed by atoms with Gasteiger partial charge in [0.25, 0.3) is 0 Å². The monoisotopic (exact) mass is 773 g/mol. The number of nitrogens with one attached hydrogen (secondary N) is 6. The van der Waals surface area contributed by atoms with Gasteiger partial charge in [-0.2, -0.15) is 12.6 Å². The largest absolute Gasteiger partial charge is 0.480 e. The highest BCUT2D eigenvalue weighted by molar-refractivity contribution is 7.80. The lowest BCUT2D eigenvalue weighted by atomic mass is 9.95. The molecule has 7 amide bonds. The van der Waals surface area contributed by atoms with E-state index in [1.165, 1.54) is 6.92 Å². The molecule has 0 aliphatic carbocycles. The fourth-order valence-electron chi connectivity index (χ4n) is 5.10. The lowest BCUT2D eigenvalue weighted by molar-refractivity contribution is -0.141. The van der Waals surface area contributed by atoms with Gasteiger partial charge in [-0.25, -0.2) is 4.79 Å². The van der Waals surface area contributed by atoms with Crippen LogP contribution in [-0.2, 0) is 38.4 Å². The van der Waals surface area contributed by atoms with Crippen LogP contribution in [0, 0.1) is 17.8 Å². The number of carbonyl (C=O) groups is 8. The maximum absolute atomic E-state index is 13.8. The third-order valence-electron chi connectivity index (χ3n) is 8.30. The van der Waals surface area contributed by atoms with E-state index in [-0.39, 0.29) is 36.9 Å². The van der Waals surface area contributed by atoms with E-state index in [4.69, 9.17) is 17.2 Å². The minimum atomic E-state index is -1.56. The van der Waals surface area contributed by atoms with E-state index in [9.17, 15) is 43.5 Å². The van der Waals surface area contributed by atoms with Gasteiger partial charge in [-0.05, 0) is 63.3 Å². The van der Waals surface area contributed by atoms with E-state index in [1.807, 2.05) is 20.8 Å². The molecule has 0 heterocycles. The van der Waals surface area contributed by atoms with Crippen LogP contribution in [0.2, 0.25) is 0 Å². The maximum Gasteiger partial charge on any atom is 0.327 e. The van der Waals surface area contributed by atoms with E-state index in [2.05, 4.69) is 44.5 Å². The first-order valence-electron chi connectivity index (χ1n) is 18.1. The summed E-state index contributed by atoms with van der Waals surface area (Å²) < 4.78 is 0. The van der Waals surface area contributed by atoms with Gasteiger partial charge in [0, 0.05) is 5.75 Å². The van der Waals surface area contributed by atoms with Crippen molar-refractivity contribution < 1.29 is 43.5 Å². The number of carboxylic acid groups (broad SMARTS) is 1. The van der Waals surface area contributed by atoms with Crippen LogP contribution in [0.1, 0.15) is 93.4 Å². The highest BCUT2D eigenvalue weighted by Gasteiger charge is 2.35. The molecule has 0 aromatic carbocycles. The topological polar surface area (TPSA) is 307 Å². The van der Waals surface area contributed by atoms with E-state index in [0.717, 1.165) is 0 Å². The Morgan fingerprint density at radius 1 is 0.623 bits per heavy atom. The predicted molar refractivity (Wildman–Crippen MR) is 202 cm³/mol. The summed E-state index contributed by atoms with van der Waals surface area (Å²) in [7, 11) is 0. The molecule has 304 valence electrons. The highest BCUT2D eigenvalue weighted by Crippen LogP contribution is 2.14. The SMILES string of the molecule is CC[C@H](C)[C@H](NC(=O)[C@H](CCCCN)NC(=O)[C@H](C)N)C(=O)N[C@@H](CC(C)C)C(=O)N[C@@H](CC(C)C)C(=O)N[C@@H](CC(N)=O)C(=O)N[C@@H](CS)C(=O)O. The van der Waals surface area contributed by atoms with Gasteiger partial charge in [0.2, 0.25) is 41.4 Å². The fraction of sp³-hybridized carbons (Fsp3) is 0.765. The molecule has 13 N–H and O–H groups in total. The minimum absolute atomic E-state index is 0.0868. The summed E-state index contributed by atoms with van der Waals surface area (Å²) in [6, 6.07) is -8.35. The molecule has 0 aromatic heterocycles. The molecule has 0 saturated carbocycles. The molecule has 0 bridgehead atoms. The van der Waals surface area contributed by atoms with Gasteiger partial charge >= 0.3 is 5.97 Å². The molecule has 0 aromatic rings. The van der Waals surface area contributed by atoms with Crippen LogP contribution in [0.4, 0.5) is 0 Å². The van der Waals surface area contributed by atoms with Gasteiger partial charge in [0.05, 0.1) is 12.5 Å². The number of hydrogen-bond acceptors (Lipinski definition) is 11. The van der Waals surface area contributed by atoms with Crippen LogP contribution in [0.25, 0.3) is 0 Å². The van der Waals surface area contributed by atoms with Crippen LogP contribution in [0.5, 0.6) is 0 Å². The van der Waals surface area contributed by atoms with Crippen LogP contribution in [0.15, 0.2) is 0 Å². The summed E-state index contributed by atoms with van der Waals surface area (Å²) in [6.45, 7) is 12.7. The lowest BCUT2D eigenvalue weighted by Crippen LogP contribution is -2.61. The van der Waals surface area contributed by atoms with Gasteiger partial charge in [0.1, 0.15) is 36.3 Å². The molecule has 0 aliphatic heterocycles. The second kappa shape index (κ2) is 25.1. The summed E-state index contributed by atoms with van der Waals surface area (Å²) >= 11 is 3.90. The molecule has 0 unspecified atom stereocenters. The minimum Gasteiger partial charge on any atom is -0.480 e. The predicted octanol–water partition coefficient (Wildman–Crippen LogP) is -1.60. The Bertz CT molecular complexity index is 1250. The first-order valence-corrected chi connectivity index (χ1v) is 18.7. The van der Waals surface area contributed by atoms with Crippen molar-refractivity contribution in [1.29, 1.82) is 0 Å². The van der Waals surface area contributed by atoms with Crippen LogP contribution in [0.3, 0.4) is 0 Å². The molecular formula is C34H63N9O9S. The van der Waals surface area contributed by atoms with E-state index in [0.29, 0.717) is 25.8 Å². The third-order valence-corrected chi connectivity index (χ3v) is 8.67. The zero-order valence-electron chi connectivity index (χ0n) is 32.0. The summed E-state index contributed by atoms with van der Waals surface area (Å²) in [4.78, 5) is 103. The first-order chi connectivity index (χ1) is 24.7. The van der Waals surface area contributed by atoms with Gasteiger partial charge in [0.15, 0.2) is 0 Å². The Kier molecular flexibility index (Phi) is 23.2. The second-order valence-corrected chi connectivity index (χ2v) is 14.6. The number of unbranched alkanes of at least 4 members (excludes halogenated alkanes) is 1. The summed E-state index contributed by atoms with van der Waals surface area (Å²) in [5.41, 5.74) is 16.6. The molecule has 0 aliphatic rings. The highest BCUT2D eigenvalue weighted by atomic mass is 32.1. The summed E-state index contributed by atoms with van der Waals surface area (Å²) in [5.74, 6) is -7.63. The van der Waals surface area contributed by atoms with Crippen LogP contribution >= 0.6 is 12.6 Å². The average molecular weight is 774 g/mol. The van der Waals surface area contributed by atoms with Gasteiger partial charge in [-0.3, -0.25) is 33.6 Å². The zero-order chi connectivity index (χ0) is 41.0. The smallest absolute Gasteiger partial charge is 0.327 e. The Morgan fingerprint density at radius 3 is 1.47 bits per heavy atom. The summed E-state index contributed by atoms with van der Waals surface area (Å²) in [5, 5.41) is 24.6. The van der Waals surface area contributed by atoms with Crippen molar-refractivity contribution in [1.82, 2.24) is 31.9 Å². The standard InChI is InChI=1S/C34H63N9O9S/c1-8-19(6)27(43-29(46)21(11-9-10-12-35)38-28(45)20(7)36)33(50)41-23(14-18(4)5)31(48)39-22(13-17(2)3)30(47)40-24(15-26(37)44)32(49)42-25(16-53)34(51)52/h17-25,27,53H,8-16,35-36H2,1-7H3,(H2,37,44)(H,38,45)(H,39,48)(H,40,47)(H,41,50)(H,42,49)(H,43,46)(H,51,52)/t19-,20-,21-,22-,23-,24-,25-,27-/m0/s1. The van der Waals surface area contributed by atoms with E-state index >= 15 is 0 Å². The lowest BCUT2D eigenvalue weighted by Gasteiger charge is -2.30. The molecule has 8 atom stereocenters. The van der Waals surface area contributed by atoms with Gasteiger partial charge in [-0.15, -0.1) is 0 Å². The van der Waals surface area contributed by atoms with Crippen LogP contribution < -0.4 is 49.1 Å². The van der Waals surface area contributed by atoms with Gasteiger partial charge in [-0.1, -0.05) is 48.0 Å². The average Bonchev–Trinajstić information content (AvgIpc) is 3.06. The molecule has 0 fully saturated rings. The fourth-order valence-corrected chi connectivity index (χ4v) is 5.35. The third kappa shape index (κ3) is 19.1. The van der Waals surface area contributed by atoms with Crippen molar-refractivity contribution in [2.75, 3.05) is 12.3 Å². The number of carboxylic acids is 1. The van der Waals surface area contributed by atoms with Crippen molar-refractivity contribution in [2.45, 2.75) is 136 Å². The zero-order valence-corrected chi connectivity index (χ0v) is 32.9. The second-order valence-electron chi connectivity index (χ2n) is 14.2. The van der Waals surface area contributed by atoms with E-state index in [1.54, 1.807) is 20.8 Å². The van der Waals surface area contributed by atoms with Crippen molar-refractivity contribution in [2.24, 2.45) is 35.0 Å². The normalized spacial score (nSPS) is 15.8. The Balaban J connectivity index is 6.30. The van der Waals surface area contributed by atoms with Crippen molar-refractivity contribution in [3.05, 3.63) is 0 Å². The van der Waals surface area contributed by atoms with Crippen molar-refractivity contribution in [3.8, 4) is 0 Å². The molecule has 19 heteroatoms. The quantitative estimate of drug-likeness (QED) is 0.0351. The molecule has 0 rings (SSSR count). The van der Waals surface area contributed by atoms with Crippen LogP contribution in [-0.4, -0.2) is 107 Å². The number of amides is 7. The van der Waals surface area contributed by atoms with Crippen molar-refractivity contribution >= 4 is 59.9 Å². The Hall–Kier alpha value is -3.97. The Labute approximate surface area is 317 Å². The number of nitrogens with two attached hydrogens (primary N) is 3. The molecule has 0 radical (unpaired) electrons. The number of aliphatic carboxylic acids is 1. The maximum atomic E-state index is 13.8. The van der Waals surface area contributed by atoms with Gasteiger partial charge < -0.3 is 54.2 Å². The molecule has 0 spiro atoms. The summed E-state index contributed by atoms with van der Waals surface area (Å²) in [6.07, 6.45) is 1.44.